The number of rotatable bonds is 9. The summed E-state index contributed by atoms with van der Waals surface area (Å²) in [7, 11) is 1.63. The Hall–Kier alpha value is -3.08. The van der Waals surface area contributed by atoms with Gasteiger partial charge in [0.2, 0.25) is 0 Å². The first-order chi connectivity index (χ1) is 14.8. The molecule has 8 heteroatoms. The number of ether oxygens (including phenoxy) is 2. The van der Waals surface area contributed by atoms with Gasteiger partial charge in [-0.05, 0) is 50.1 Å². The Morgan fingerprint density at radius 3 is 2.68 bits per heavy atom. The van der Waals surface area contributed by atoms with Gasteiger partial charge >= 0.3 is 5.97 Å². The molecule has 1 aromatic heterocycles. The van der Waals surface area contributed by atoms with Crippen LogP contribution in [-0.2, 0) is 32.2 Å². The third-order valence-electron chi connectivity index (χ3n) is 4.84. The Morgan fingerprint density at radius 1 is 1.32 bits per heavy atom. The van der Waals surface area contributed by atoms with Crippen LogP contribution in [-0.4, -0.2) is 36.3 Å². The average molecular weight is 444 g/mol. The minimum Gasteiger partial charge on any atom is -0.448 e. The van der Waals surface area contributed by atoms with Crippen LogP contribution < -0.4 is 5.32 Å². The first kappa shape index (κ1) is 24.2. The number of methoxy groups -OCH3 is 1. The molecule has 0 aliphatic rings. The Labute approximate surface area is 187 Å². The van der Waals surface area contributed by atoms with E-state index in [1.54, 1.807) is 25.3 Å². The Bertz CT molecular complexity index is 1020. The topological polar surface area (TPSA) is 93.3 Å². The van der Waals surface area contributed by atoms with Gasteiger partial charge < -0.3 is 19.4 Å². The molecule has 164 valence electrons. The molecule has 1 heterocycles. The maximum atomic E-state index is 12.5. The van der Waals surface area contributed by atoms with E-state index in [4.69, 9.17) is 21.1 Å². The largest absolute Gasteiger partial charge is 0.448 e. The van der Waals surface area contributed by atoms with E-state index in [2.05, 4.69) is 5.32 Å². The van der Waals surface area contributed by atoms with Crippen molar-refractivity contribution in [3.05, 3.63) is 63.4 Å². The van der Waals surface area contributed by atoms with Gasteiger partial charge in [-0.25, -0.2) is 4.79 Å². The summed E-state index contributed by atoms with van der Waals surface area (Å²) >= 11 is 6.07. The van der Waals surface area contributed by atoms with Crippen LogP contribution in [0.5, 0.6) is 0 Å². The number of nitrogens with one attached hydrogen (secondary N) is 1. The number of esters is 1. The van der Waals surface area contributed by atoms with E-state index < -0.39 is 18.0 Å². The van der Waals surface area contributed by atoms with Crippen molar-refractivity contribution in [3.63, 3.8) is 0 Å². The molecule has 1 aromatic carbocycles. The quantitative estimate of drug-likeness (QED) is 0.363. The van der Waals surface area contributed by atoms with Crippen LogP contribution in [0.25, 0.3) is 6.08 Å². The maximum Gasteiger partial charge on any atom is 0.349 e. The van der Waals surface area contributed by atoms with Crippen LogP contribution in [0.2, 0.25) is 5.02 Å². The molecule has 1 atom stereocenters. The lowest BCUT2D eigenvalue weighted by Crippen LogP contribution is -2.35. The molecule has 0 bridgehead atoms. The summed E-state index contributed by atoms with van der Waals surface area (Å²) in [6.45, 7) is 6.71. The van der Waals surface area contributed by atoms with Gasteiger partial charge in [0.05, 0.1) is 6.61 Å². The maximum absolute atomic E-state index is 12.5. The fourth-order valence-electron chi connectivity index (χ4n) is 3.04. The van der Waals surface area contributed by atoms with Gasteiger partial charge in [0.1, 0.15) is 11.6 Å². The second-order valence-electron chi connectivity index (χ2n) is 7.00. The summed E-state index contributed by atoms with van der Waals surface area (Å²) in [5, 5.41) is 12.6. The predicted molar refractivity (Wildman–Crippen MR) is 118 cm³/mol. The highest BCUT2D eigenvalue weighted by Gasteiger charge is 2.21. The average Bonchev–Trinajstić information content (AvgIpc) is 3.01. The summed E-state index contributed by atoms with van der Waals surface area (Å²) in [5.74, 6) is -1.34. The summed E-state index contributed by atoms with van der Waals surface area (Å²) in [6, 6.07) is 10.9. The molecule has 0 radical (unpaired) electrons. The molecule has 1 amide bonds. The van der Waals surface area contributed by atoms with E-state index in [0.717, 1.165) is 22.5 Å². The lowest BCUT2D eigenvalue weighted by molar-refractivity contribution is -0.150. The van der Waals surface area contributed by atoms with Crippen LogP contribution in [0.4, 0.5) is 0 Å². The smallest absolute Gasteiger partial charge is 0.349 e. The Kier molecular flexibility index (Phi) is 8.86. The third-order valence-corrected chi connectivity index (χ3v) is 5.20. The zero-order chi connectivity index (χ0) is 23.0. The minimum absolute atomic E-state index is 0.183. The molecule has 2 aromatic rings. The molecule has 0 spiro atoms. The van der Waals surface area contributed by atoms with Crippen LogP contribution >= 0.6 is 11.6 Å². The van der Waals surface area contributed by atoms with Gasteiger partial charge in [-0.15, -0.1) is 0 Å². The second-order valence-corrected chi connectivity index (χ2v) is 7.40. The molecule has 7 nitrogen and oxygen atoms in total. The van der Waals surface area contributed by atoms with Crippen molar-refractivity contribution in [1.82, 2.24) is 9.88 Å². The van der Waals surface area contributed by atoms with Crippen molar-refractivity contribution in [3.8, 4) is 6.07 Å². The highest BCUT2D eigenvalue weighted by molar-refractivity contribution is 6.31. The number of aryl methyl sites for hydroxylation is 1. The lowest BCUT2D eigenvalue weighted by atomic mass is 10.1. The summed E-state index contributed by atoms with van der Waals surface area (Å²) in [6.07, 6.45) is 0.406. The van der Waals surface area contributed by atoms with E-state index in [1.807, 2.05) is 36.6 Å². The highest BCUT2D eigenvalue weighted by Crippen LogP contribution is 2.19. The monoisotopic (exact) mass is 443 g/mol. The van der Waals surface area contributed by atoms with Crippen LogP contribution in [0.3, 0.4) is 0 Å². The standard InChI is InChI=1S/C23H26ClN3O4/c1-15-11-19(16(2)27(15)9-10-30-4)12-20(13-25)23(29)31-17(3)22(28)26-14-18-7-5-6-8-21(18)24/h5-8,11-12,17H,9-10,14H2,1-4H3,(H,26,28)/b20-12+. The van der Waals surface area contributed by atoms with Crippen molar-refractivity contribution in [2.75, 3.05) is 13.7 Å². The van der Waals surface area contributed by atoms with Gasteiger partial charge in [0.25, 0.3) is 5.91 Å². The summed E-state index contributed by atoms with van der Waals surface area (Å²) < 4.78 is 12.4. The van der Waals surface area contributed by atoms with Gasteiger partial charge in [-0.1, -0.05) is 29.8 Å². The van der Waals surface area contributed by atoms with Gasteiger partial charge in [-0.3, -0.25) is 4.79 Å². The number of hydrogen-bond acceptors (Lipinski definition) is 5. The number of nitriles is 1. The molecule has 0 saturated carbocycles. The summed E-state index contributed by atoms with van der Waals surface area (Å²) in [4.78, 5) is 24.7. The van der Waals surface area contributed by atoms with Gasteiger partial charge in [0, 0.05) is 36.6 Å². The fraction of sp³-hybridized carbons (Fsp3) is 0.348. The molecule has 0 aliphatic heterocycles. The van der Waals surface area contributed by atoms with Gasteiger partial charge in [-0.2, -0.15) is 5.26 Å². The van der Waals surface area contributed by atoms with Crippen molar-refractivity contribution < 1.29 is 19.1 Å². The van der Waals surface area contributed by atoms with E-state index in [9.17, 15) is 14.9 Å². The predicted octanol–water partition coefficient (Wildman–Crippen LogP) is 3.56. The first-order valence-corrected chi connectivity index (χ1v) is 10.2. The van der Waals surface area contributed by atoms with E-state index >= 15 is 0 Å². The number of amides is 1. The number of halogens is 1. The van der Waals surface area contributed by atoms with E-state index in [1.165, 1.54) is 13.0 Å². The van der Waals surface area contributed by atoms with Crippen LogP contribution in [0.1, 0.15) is 29.4 Å². The molecule has 0 aliphatic carbocycles. The SMILES string of the molecule is COCCn1c(C)cc(/C=C(\C#N)C(=O)OC(C)C(=O)NCc2ccccc2Cl)c1C. The van der Waals surface area contributed by atoms with E-state index in [0.29, 0.717) is 18.2 Å². The number of carbonyl (C=O) groups is 2. The molecular weight excluding hydrogens is 418 g/mol. The van der Waals surface area contributed by atoms with Crippen LogP contribution in [0, 0.1) is 25.2 Å². The highest BCUT2D eigenvalue weighted by atomic mass is 35.5. The molecule has 0 saturated heterocycles. The molecule has 31 heavy (non-hydrogen) atoms. The Balaban J connectivity index is 2.04. The zero-order valence-electron chi connectivity index (χ0n) is 18.1. The fourth-order valence-corrected chi connectivity index (χ4v) is 3.24. The van der Waals surface area contributed by atoms with Crippen molar-refractivity contribution in [2.24, 2.45) is 0 Å². The van der Waals surface area contributed by atoms with Crippen molar-refractivity contribution in [2.45, 2.75) is 40.0 Å². The number of nitrogens with zero attached hydrogens (tertiary/aromatic N) is 2. The number of aromatic nitrogens is 1. The first-order valence-electron chi connectivity index (χ1n) is 9.78. The summed E-state index contributed by atoms with van der Waals surface area (Å²) in [5.41, 5.74) is 3.19. The molecule has 2 rings (SSSR count). The van der Waals surface area contributed by atoms with E-state index in [-0.39, 0.29) is 12.1 Å². The van der Waals surface area contributed by atoms with Crippen molar-refractivity contribution >= 4 is 29.6 Å². The minimum atomic E-state index is -1.07. The Morgan fingerprint density at radius 2 is 2.03 bits per heavy atom. The number of hydrogen-bond donors (Lipinski definition) is 1. The van der Waals surface area contributed by atoms with Crippen molar-refractivity contribution in [1.29, 1.82) is 5.26 Å². The second kappa shape index (κ2) is 11.3. The van der Waals surface area contributed by atoms with Gasteiger partial charge in [0.15, 0.2) is 6.10 Å². The molecule has 0 fully saturated rings. The molecular formula is C23H26ClN3O4. The molecule has 1 N–H and O–H groups in total. The third kappa shape index (κ3) is 6.45. The lowest BCUT2D eigenvalue weighted by Gasteiger charge is -2.13. The zero-order valence-corrected chi connectivity index (χ0v) is 18.8. The number of benzene rings is 1. The normalized spacial score (nSPS) is 12.2. The molecule has 1 unspecified atom stereocenters. The van der Waals surface area contributed by atoms with Crippen LogP contribution in [0.15, 0.2) is 35.9 Å². The number of carbonyl (C=O) groups excluding carboxylic acids is 2.